The average Bonchev–Trinajstić information content (AvgIpc) is 2.52. The molecule has 0 aromatic heterocycles. The lowest BCUT2D eigenvalue weighted by Crippen LogP contribution is -2.31. The fourth-order valence-corrected chi connectivity index (χ4v) is 3.22. The molecule has 1 unspecified atom stereocenters. The molecule has 2 rings (SSSR count). The van der Waals surface area contributed by atoms with E-state index < -0.39 is 15.1 Å². The zero-order valence-corrected chi connectivity index (χ0v) is 13.3. The lowest BCUT2D eigenvalue weighted by atomic mass is 10.0. The smallest absolute Gasteiger partial charge is 0.181 e. The van der Waals surface area contributed by atoms with Crippen molar-refractivity contribution in [3.8, 4) is 5.75 Å². The molecular formula is C17H18O4S. The third-order valence-electron chi connectivity index (χ3n) is 3.45. The molecule has 0 amide bonds. The van der Waals surface area contributed by atoms with Crippen LogP contribution in [0, 0.1) is 0 Å². The van der Waals surface area contributed by atoms with E-state index in [2.05, 4.69) is 0 Å². The topological polar surface area (TPSA) is 60.4 Å². The molecule has 22 heavy (non-hydrogen) atoms. The Morgan fingerprint density at radius 2 is 1.64 bits per heavy atom. The molecule has 0 aliphatic heterocycles. The highest BCUT2D eigenvalue weighted by Gasteiger charge is 2.29. The second-order valence-electron chi connectivity index (χ2n) is 5.10. The van der Waals surface area contributed by atoms with Gasteiger partial charge in [0.05, 0.1) is 7.11 Å². The van der Waals surface area contributed by atoms with Crippen LogP contribution in [-0.2, 0) is 16.3 Å². The van der Waals surface area contributed by atoms with Crippen LogP contribution in [0.25, 0.3) is 0 Å². The number of rotatable bonds is 6. The van der Waals surface area contributed by atoms with E-state index >= 15 is 0 Å². The maximum Gasteiger partial charge on any atom is 0.181 e. The molecule has 0 N–H and O–H groups in total. The van der Waals surface area contributed by atoms with E-state index in [9.17, 15) is 13.2 Å². The Morgan fingerprint density at radius 1 is 1.05 bits per heavy atom. The average molecular weight is 318 g/mol. The predicted octanol–water partition coefficient (Wildman–Crippen LogP) is 2.53. The van der Waals surface area contributed by atoms with E-state index in [4.69, 9.17) is 4.74 Å². The second-order valence-corrected chi connectivity index (χ2v) is 7.33. The van der Waals surface area contributed by atoms with E-state index in [0.29, 0.717) is 11.3 Å². The van der Waals surface area contributed by atoms with E-state index in [-0.39, 0.29) is 12.2 Å². The van der Waals surface area contributed by atoms with Gasteiger partial charge < -0.3 is 4.74 Å². The van der Waals surface area contributed by atoms with Crippen molar-refractivity contribution in [1.29, 1.82) is 0 Å². The first-order chi connectivity index (χ1) is 10.4. The van der Waals surface area contributed by atoms with Gasteiger partial charge in [-0.05, 0) is 24.1 Å². The van der Waals surface area contributed by atoms with Crippen molar-refractivity contribution in [1.82, 2.24) is 0 Å². The Labute approximate surface area is 130 Å². The Bertz CT molecular complexity index is 734. The summed E-state index contributed by atoms with van der Waals surface area (Å²) in [5, 5.41) is -1.08. The fraction of sp³-hybridized carbons (Fsp3) is 0.235. The number of benzene rings is 2. The molecule has 0 heterocycles. The van der Waals surface area contributed by atoms with Gasteiger partial charge in [-0.15, -0.1) is 0 Å². The van der Waals surface area contributed by atoms with Gasteiger partial charge in [0, 0.05) is 11.8 Å². The molecule has 0 fully saturated rings. The summed E-state index contributed by atoms with van der Waals surface area (Å²) in [6.07, 6.45) is 1.25. The summed E-state index contributed by atoms with van der Waals surface area (Å²) in [5.41, 5.74) is 1.19. The molecule has 0 saturated carbocycles. The molecule has 2 aromatic rings. The number of ether oxygens (including phenoxy) is 1. The van der Waals surface area contributed by atoms with Crippen LogP contribution in [0.4, 0.5) is 0 Å². The van der Waals surface area contributed by atoms with Crippen LogP contribution in [-0.4, -0.2) is 32.8 Å². The number of ketones is 1. The van der Waals surface area contributed by atoms with Crippen LogP contribution in [0.2, 0.25) is 0 Å². The molecule has 116 valence electrons. The summed E-state index contributed by atoms with van der Waals surface area (Å²) in [6, 6.07) is 15.5. The molecule has 0 saturated heterocycles. The number of sulfone groups is 1. The third-order valence-corrected chi connectivity index (χ3v) is 4.86. The highest BCUT2D eigenvalue weighted by Crippen LogP contribution is 2.18. The fourth-order valence-electron chi connectivity index (χ4n) is 2.20. The Kier molecular flexibility index (Phi) is 4.98. The van der Waals surface area contributed by atoms with Gasteiger partial charge in [-0.25, -0.2) is 8.42 Å². The van der Waals surface area contributed by atoms with Gasteiger partial charge in [0.15, 0.2) is 15.6 Å². The van der Waals surface area contributed by atoms with Crippen molar-refractivity contribution < 1.29 is 17.9 Å². The van der Waals surface area contributed by atoms with Gasteiger partial charge >= 0.3 is 0 Å². The predicted molar refractivity (Wildman–Crippen MR) is 86.1 cm³/mol. The largest absolute Gasteiger partial charge is 0.497 e. The Hall–Kier alpha value is -2.14. The Morgan fingerprint density at radius 3 is 2.14 bits per heavy atom. The summed E-state index contributed by atoms with van der Waals surface area (Å²) < 4.78 is 29.1. The van der Waals surface area contributed by atoms with Crippen molar-refractivity contribution in [2.24, 2.45) is 0 Å². The minimum Gasteiger partial charge on any atom is -0.497 e. The summed E-state index contributed by atoms with van der Waals surface area (Å²) in [5.74, 6) is 0.313. The molecule has 0 spiro atoms. The van der Waals surface area contributed by atoms with Gasteiger partial charge in [0.25, 0.3) is 0 Å². The molecule has 1 atom stereocenters. The van der Waals surface area contributed by atoms with Gasteiger partial charge in [-0.2, -0.15) is 0 Å². The molecule has 0 bridgehead atoms. The van der Waals surface area contributed by atoms with Crippen molar-refractivity contribution in [3.05, 3.63) is 65.7 Å². The SMILES string of the molecule is COc1ccc(CC(C(=O)c2ccccc2)S(C)(=O)=O)cc1. The van der Waals surface area contributed by atoms with Crippen LogP contribution in [0.1, 0.15) is 15.9 Å². The van der Waals surface area contributed by atoms with E-state index in [1.54, 1.807) is 61.7 Å². The maximum absolute atomic E-state index is 12.5. The lowest BCUT2D eigenvalue weighted by Gasteiger charge is -2.14. The van der Waals surface area contributed by atoms with Crippen molar-refractivity contribution in [2.75, 3.05) is 13.4 Å². The first kappa shape index (κ1) is 16.2. The van der Waals surface area contributed by atoms with Crippen molar-refractivity contribution in [2.45, 2.75) is 11.7 Å². The number of hydrogen-bond donors (Lipinski definition) is 0. The van der Waals surface area contributed by atoms with Crippen LogP contribution in [0.3, 0.4) is 0 Å². The molecule has 0 radical (unpaired) electrons. The lowest BCUT2D eigenvalue weighted by molar-refractivity contribution is 0.0986. The highest BCUT2D eigenvalue weighted by atomic mass is 32.2. The molecule has 4 nitrogen and oxygen atoms in total. The van der Waals surface area contributed by atoms with E-state index in [1.807, 2.05) is 0 Å². The number of Topliss-reactive ketones (excluding diaryl/α,β-unsaturated/α-hetero) is 1. The van der Waals surface area contributed by atoms with Crippen LogP contribution in [0.15, 0.2) is 54.6 Å². The van der Waals surface area contributed by atoms with Crippen LogP contribution < -0.4 is 4.74 Å². The number of hydrogen-bond acceptors (Lipinski definition) is 4. The minimum atomic E-state index is -3.51. The van der Waals surface area contributed by atoms with Crippen molar-refractivity contribution in [3.63, 3.8) is 0 Å². The first-order valence-electron chi connectivity index (χ1n) is 6.83. The molecule has 5 heteroatoms. The van der Waals surface area contributed by atoms with Crippen molar-refractivity contribution >= 4 is 15.6 Å². The van der Waals surface area contributed by atoms with Gasteiger partial charge in [-0.1, -0.05) is 42.5 Å². The summed E-state index contributed by atoms with van der Waals surface area (Å²) >= 11 is 0. The molecule has 0 aliphatic carbocycles. The number of methoxy groups -OCH3 is 1. The zero-order chi connectivity index (χ0) is 16.2. The summed E-state index contributed by atoms with van der Waals surface area (Å²) in [6.45, 7) is 0. The second kappa shape index (κ2) is 6.75. The minimum absolute atomic E-state index is 0.149. The highest BCUT2D eigenvalue weighted by molar-refractivity contribution is 7.92. The first-order valence-corrected chi connectivity index (χ1v) is 8.78. The van der Waals surface area contributed by atoms with Gasteiger partial charge in [-0.3, -0.25) is 4.79 Å². The number of carbonyl (C=O) groups is 1. The number of carbonyl (C=O) groups excluding carboxylic acids is 1. The quantitative estimate of drug-likeness (QED) is 0.768. The third kappa shape index (κ3) is 3.95. The van der Waals surface area contributed by atoms with Crippen LogP contribution in [0.5, 0.6) is 5.75 Å². The zero-order valence-electron chi connectivity index (χ0n) is 12.5. The maximum atomic E-state index is 12.5. The van der Waals surface area contributed by atoms with Gasteiger partial charge in [0.1, 0.15) is 11.0 Å². The summed E-state index contributed by atoms with van der Waals surface area (Å²) in [7, 11) is -1.94. The monoisotopic (exact) mass is 318 g/mol. The summed E-state index contributed by atoms with van der Waals surface area (Å²) in [4.78, 5) is 12.5. The Balaban J connectivity index is 2.29. The normalized spacial score (nSPS) is 12.6. The van der Waals surface area contributed by atoms with Gasteiger partial charge in [0.2, 0.25) is 0 Å². The van der Waals surface area contributed by atoms with Crippen LogP contribution >= 0.6 is 0 Å². The van der Waals surface area contributed by atoms with E-state index in [0.717, 1.165) is 11.8 Å². The molecule has 2 aromatic carbocycles. The van der Waals surface area contributed by atoms with E-state index in [1.165, 1.54) is 0 Å². The molecule has 0 aliphatic rings. The standard InChI is InChI=1S/C17H18O4S/c1-21-15-10-8-13(9-11-15)12-16(22(2,19)20)17(18)14-6-4-3-5-7-14/h3-11,16H,12H2,1-2H3. The molecular weight excluding hydrogens is 300 g/mol.